The molecule has 0 atom stereocenters. The predicted molar refractivity (Wildman–Crippen MR) is 66.8 cm³/mol. The first-order valence-electron chi connectivity index (χ1n) is 5.36. The van der Waals surface area contributed by atoms with E-state index in [4.69, 9.17) is 10.5 Å². The van der Waals surface area contributed by atoms with Gasteiger partial charge in [0, 0.05) is 0 Å². The van der Waals surface area contributed by atoms with Crippen molar-refractivity contribution in [2.45, 2.75) is 13.8 Å². The van der Waals surface area contributed by atoms with Crippen LogP contribution in [0, 0.1) is 19.7 Å². The minimum absolute atomic E-state index is 0.197. The Morgan fingerprint density at radius 3 is 2.24 bits per heavy atom. The van der Waals surface area contributed by atoms with E-state index in [0.717, 1.165) is 11.1 Å². The summed E-state index contributed by atoms with van der Waals surface area (Å²) in [7, 11) is 0. The fourth-order valence-corrected chi connectivity index (χ4v) is 1.54. The van der Waals surface area contributed by atoms with Gasteiger partial charge in [-0.15, -0.1) is 0 Å². The molecule has 0 aliphatic heterocycles. The summed E-state index contributed by atoms with van der Waals surface area (Å²) >= 11 is 0. The molecule has 0 aromatic heterocycles. The molecule has 3 heteroatoms. The molecule has 0 unspecified atom stereocenters. The van der Waals surface area contributed by atoms with Crippen LogP contribution in [0.5, 0.6) is 11.5 Å². The Labute approximate surface area is 99.8 Å². The van der Waals surface area contributed by atoms with Gasteiger partial charge >= 0.3 is 0 Å². The highest BCUT2D eigenvalue weighted by molar-refractivity contribution is 5.55. The van der Waals surface area contributed by atoms with Crippen molar-refractivity contribution >= 4 is 5.69 Å². The molecular formula is C14H14FNO. The predicted octanol–water partition coefficient (Wildman–Crippen LogP) is 3.82. The fourth-order valence-electron chi connectivity index (χ4n) is 1.54. The van der Waals surface area contributed by atoms with Crippen molar-refractivity contribution in [3.63, 3.8) is 0 Å². The molecule has 0 radical (unpaired) electrons. The van der Waals surface area contributed by atoms with Gasteiger partial charge in [-0.25, -0.2) is 4.39 Å². The lowest BCUT2D eigenvalue weighted by molar-refractivity contribution is 0.443. The number of nitrogens with two attached hydrogens (primary N) is 1. The van der Waals surface area contributed by atoms with Crippen LogP contribution in [-0.4, -0.2) is 0 Å². The topological polar surface area (TPSA) is 35.2 Å². The molecule has 0 amide bonds. The van der Waals surface area contributed by atoms with Crippen molar-refractivity contribution in [2.75, 3.05) is 5.73 Å². The van der Waals surface area contributed by atoms with Crippen molar-refractivity contribution in [3.8, 4) is 11.5 Å². The smallest absolute Gasteiger partial charge is 0.165 e. The number of halogens is 1. The molecule has 0 fully saturated rings. The molecule has 88 valence electrons. The molecule has 17 heavy (non-hydrogen) atoms. The molecule has 2 N–H and O–H groups in total. The third-order valence-corrected chi connectivity index (χ3v) is 2.48. The zero-order chi connectivity index (χ0) is 12.4. The van der Waals surface area contributed by atoms with E-state index in [2.05, 4.69) is 0 Å². The highest BCUT2D eigenvalue weighted by Gasteiger charge is 2.07. The monoisotopic (exact) mass is 231 g/mol. The number of hydrogen-bond acceptors (Lipinski definition) is 2. The SMILES string of the molecule is Cc1ccc(N)c(Oc2cc(C)ccc2F)c1. The molecule has 0 aliphatic carbocycles. The van der Waals surface area contributed by atoms with Crippen molar-refractivity contribution in [1.29, 1.82) is 0 Å². The van der Waals surface area contributed by atoms with Crippen molar-refractivity contribution in [2.24, 2.45) is 0 Å². The summed E-state index contributed by atoms with van der Waals surface area (Å²) in [6.07, 6.45) is 0. The van der Waals surface area contributed by atoms with Crippen LogP contribution >= 0.6 is 0 Å². The third-order valence-electron chi connectivity index (χ3n) is 2.48. The van der Waals surface area contributed by atoms with Gasteiger partial charge in [0.05, 0.1) is 5.69 Å². The number of rotatable bonds is 2. The largest absolute Gasteiger partial charge is 0.452 e. The molecule has 0 bridgehead atoms. The van der Waals surface area contributed by atoms with Crippen LogP contribution in [0.2, 0.25) is 0 Å². The van der Waals surface area contributed by atoms with Crippen molar-refractivity contribution in [1.82, 2.24) is 0 Å². The zero-order valence-corrected chi connectivity index (χ0v) is 9.83. The van der Waals surface area contributed by atoms with E-state index in [0.29, 0.717) is 11.4 Å². The van der Waals surface area contributed by atoms with Gasteiger partial charge in [-0.05, 0) is 49.2 Å². The minimum atomic E-state index is -0.392. The molecular weight excluding hydrogens is 217 g/mol. The first-order valence-corrected chi connectivity index (χ1v) is 5.36. The maximum absolute atomic E-state index is 13.5. The maximum atomic E-state index is 13.5. The zero-order valence-electron chi connectivity index (χ0n) is 9.83. The Hall–Kier alpha value is -2.03. The Balaban J connectivity index is 2.37. The lowest BCUT2D eigenvalue weighted by atomic mass is 10.2. The summed E-state index contributed by atoms with van der Waals surface area (Å²) in [5, 5.41) is 0. The van der Waals surface area contributed by atoms with Gasteiger partial charge in [-0.2, -0.15) is 0 Å². The van der Waals surface area contributed by atoms with E-state index in [1.807, 2.05) is 19.9 Å². The van der Waals surface area contributed by atoms with Crippen LogP contribution in [0.4, 0.5) is 10.1 Å². The number of aryl methyl sites for hydroxylation is 2. The van der Waals surface area contributed by atoms with Gasteiger partial charge in [0.15, 0.2) is 17.3 Å². The second-order valence-electron chi connectivity index (χ2n) is 4.08. The highest BCUT2D eigenvalue weighted by atomic mass is 19.1. The summed E-state index contributed by atoms with van der Waals surface area (Å²) in [6.45, 7) is 3.81. The molecule has 0 saturated heterocycles. The van der Waals surface area contributed by atoms with E-state index >= 15 is 0 Å². The molecule has 2 nitrogen and oxygen atoms in total. The molecule has 0 saturated carbocycles. The van der Waals surface area contributed by atoms with Crippen molar-refractivity contribution < 1.29 is 9.13 Å². The third kappa shape index (κ3) is 2.56. The van der Waals surface area contributed by atoms with Gasteiger partial charge in [0.25, 0.3) is 0 Å². The van der Waals surface area contributed by atoms with Crippen LogP contribution in [-0.2, 0) is 0 Å². The number of ether oxygens (including phenoxy) is 1. The normalized spacial score (nSPS) is 10.3. The molecule has 2 rings (SSSR count). The molecule has 2 aromatic carbocycles. The van der Waals surface area contributed by atoms with E-state index in [-0.39, 0.29) is 5.75 Å². The fraction of sp³-hybridized carbons (Fsp3) is 0.143. The second-order valence-corrected chi connectivity index (χ2v) is 4.08. The Kier molecular flexibility index (Phi) is 3.00. The summed E-state index contributed by atoms with van der Waals surface area (Å²) in [5.74, 6) is 0.285. The summed E-state index contributed by atoms with van der Waals surface area (Å²) in [5.41, 5.74) is 8.23. The van der Waals surface area contributed by atoms with Gasteiger partial charge < -0.3 is 10.5 Å². The van der Waals surface area contributed by atoms with Crippen LogP contribution < -0.4 is 10.5 Å². The minimum Gasteiger partial charge on any atom is -0.452 e. The Morgan fingerprint density at radius 1 is 0.941 bits per heavy atom. The lowest BCUT2D eigenvalue weighted by Crippen LogP contribution is -1.94. The van der Waals surface area contributed by atoms with Gasteiger partial charge in [0.2, 0.25) is 0 Å². The summed E-state index contributed by atoms with van der Waals surface area (Å²) in [6, 6.07) is 10.2. The van der Waals surface area contributed by atoms with Gasteiger partial charge in [-0.3, -0.25) is 0 Å². The molecule has 0 heterocycles. The lowest BCUT2D eigenvalue weighted by Gasteiger charge is -2.10. The van der Waals surface area contributed by atoms with Crippen LogP contribution in [0.1, 0.15) is 11.1 Å². The highest BCUT2D eigenvalue weighted by Crippen LogP contribution is 2.30. The standard InChI is InChI=1S/C14H14FNO/c1-9-3-5-11(15)13(7-9)17-14-8-10(2)4-6-12(14)16/h3-8H,16H2,1-2H3. The van der Waals surface area contributed by atoms with Crippen molar-refractivity contribution in [3.05, 3.63) is 53.3 Å². The molecule has 2 aromatic rings. The maximum Gasteiger partial charge on any atom is 0.165 e. The average Bonchev–Trinajstić information content (AvgIpc) is 2.28. The van der Waals surface area contributed by atoms with E-state index in [1.54, 1.807) is 24.3 Å². The van der Waals surface area contributed by atoms with Gasteiger partial charge in [0.1, 0.15) is 0 Å². The first-order chi connectivity index (χ1) is 8.06. The number of benzene rings is 2. The average molecular weight is 231 g/mol. The first kappa shape index (κ1) is 11.5. The second kappa shape index (κ2) is 4.45. The quantitative estimate of drug-likeness (QED) is 0.797. The number of anilines is 1. The van der Waals surface area contributed by atoms with Crippen LogP contribution in [0.15, 0.2) is 36.4 Å². The van der Waals surface area contributed by atoms with Crippen LogP contribution in [0.3, 0.4) is 0 Å². The van der Waals surface area contributed by atoms with E-state index < -0.39 is 5.82 Å². The van der Waals surface area contributed by atoms with E-state index in [9.17, 15) is 4.39 Å². The Morgan fingerprint density at radius 2 is 1.53 bits per heavy atom. The van der Waals surface area contributed by atoms with Gasteiger partial charge in [-0.1, -0.05) is 12.1 Å². The van der Waals surface area contributed by atoms with E-state index in [1.165, 1.54) is 6.07 Å². The Bertz CT molecular complexity index is 502. The summed E-state index contributed by atoms with van der Waals surface area (Å²) < 4.78 is 19.0. The number of hydrogen-bond donors (Lipinski definition) is 1. The number of nitrogen functional groups attached to an aromatic ring is 1. The molecule has 0 aliphatic rings. The summed E-state index contributed by atoms with van der Waals surface area (Å²) in [4.78, 5) is 0. The van der Waals surface area contributed by atoms with Crippen LogP contribution in [0.25, 0.3) is 0 Å². The molecule has 0 spiro atoms.